The molecule has 2 aromatic carbocycles. The van der Waals surface area contributed by atoms with Crippen molar-refractivity contribution >= 4 is 10.1 Å². The normalized spacial score (nSPS) is 14.8. The molecule has 8 heteroatoms. The number of halogens is 1. The predicted molar refractivity (Wildman–Crippen MR) is 157 cm³/mol. The largest absolute Gasteiger partial charge is 0.489 e. The lowest BCUT2D eigenvalue weighted by Crippen LogP contribution is -2.36. The predicted octanol–water partition coefficient (Wildman–Crippen LogP) is 6.86. The number of nitrogens with zero attached hydrogens (tertiary/aromatic N) is 2. The molecule has 4 rings (SSSR count). The summed E-state index contributed by atoms with van der Waals surface area (Å²) in [7, 11) is -3.50. The van der Waals surface area contributed by atoms with Crippen LogP contribution in [0.1, 0.15) is 68.8 Å². The van der Waals surface area contributed by atoms with E-state index < -0.39 is 10.1 Å². The van der Waals surface area contributed by atoms with Crippen LogP contribution < -0.4 is 4.74 Å². The maximum Gasteiger partial charge on any atom is 0.264 e. The first-order chi connectivity index (χ1) is 18.9. The van der Waals surface area contributed by atoms with Crippen LogP contribution in [0.2, 0.25) is 0 Å². The molecule has 1 aliphatic rings. The molecule has 0 N–H and O–H groups in total. The molecule has 1 saturated carbocycles. The standard InChI is InChI=1S/C32H41FN2O4S/c1-21(2)35(22(3)4)18-27-15-24(10-13-29(27)30-14-23(5)34-17-32(30)33)19-38-28-9-7-8-26(16-28)31(25-11-12-25)20-39-40(6,36)37/h7-10,13-17,21-22,25,31H,11-12,18-20H2,1-6H3. The molecule has 0 aliphatic heterocycles. The average molecular weight is 569 g/mol. The Balaban J connectivity index is 1.58. The van der Waals surface area contributed by atoms with Crippen molar-refractivity contribution in [1.29, 1.82) is 0 Å². The zero-order valence-corrected chi connectivity index (χ0v) is 25.2. The van der Waals surface area contributed by atoms with E-state index in [4.69, 9.17) is 8.92 Å². The molecule has 0 spiro atoms. The molecule has 0 saturated heterocycles. The zero-order valence-electron chi connectivity index (χ0n) is 24.4. The summed E-state index contributed by atoms with van der Waals surface area (Å²) in [6, 6.07) is 16.4. The van der Waals surface area contributed by atoms with Gasteiger partial charge < -0.3 is 4.74 Å². The zero-order chi connectivity index (χ0) is 29.0. The number of hydrogen-bond donors (Lipinski definition) is 0. The van der Waals surface area contributed by atoms with Crippen LogP contribution in [0.4, 0.5) is 4.39 Å². The highest BCUT2D eigenvalue weighted by molar-refractivity contribution is 7.85. The van der Waals surface area contributed by atoms with Crippen molar-refractivity contribution < 1.29 is 21.7 Å². The topological polar surface area (TPSA) is 68.7 Å². The first kappa shape index (κ1) is 30.2. The van der Waals surface area contributed by atoms with Crippen LogP contribution in [0.15, 0.2) is 54.7 Å². The van der Waals surface area contributed by atoms with E-state index in [0.717, 1.165) is 52.8 Å². The third-order valence-electron chi connectivity index (χ3n) is 7.48. The Bertz CT molecular complexity index is 1410. The number of benzene rings is 2. The highest BCUT2D eigenvalue weighted by Gasteiger charge is 2.33. The molecular formula is C32H41FN2O4S. The van der Waals surface area contributed by atoms with E-state index in [1.165, 1.54) is 6.20 Å². The molecule has 6 nitrogen and oxygen atoms in total. The Labute approximate surface area is 238 Å². The van der Waals surface area contributed by atoms with Crippen molar-refractivity contribution in [1.82, 2.24) is 9.88 Å². The van der Waals surface area contributed by atoms with Gasteiger partial charge in [0.05, 0.1) is 19.1 Å². The number of rotatable bonds is 13. The average Bonchev–Trinajstić information content (AvgIpc) is 3.72. The summed E-state index contributed by atoms with van der Waals surface area (Å²) in [5.74, 6) is 0.823. The van der Waals surface area contributed by atoms with Gasteiger partial charge in [-0.1, -0.05) is 30.3 Å². The van der Waals surface area contributed by atoms with E-state index >= 15 is 0 Å². The Kier molecular flexibility index (Phi) is 9.64. The van der Waals surface area contributed by atoms with Crippen molar-refractivity contribution in [3.05, 3.63) is 82.9 Å². The molecule has 1 unspecified atom stereocenters. The smallest absolute Gasteiger partial charge is 0.264 e. The van der Waals surface area contributed by atoms with E-state index in [1.807, 2.05) is 43.3 Å². The van der Waals surface area contributed by atoms with Crippen LogP contribution in [0.5, 0.6) is 5.75 Å². The van der Waals surface area contributed by atoms with Crippen molar-refractivity contribution in [3.63, 3.8) is 0 Å². The summed E-state index contributed by atoms with van der Waals surface area (Å²) in [6.45, 7) is 11.7. The van der Waals surface area contributed by atoms with Gasteiger partial charge in [0.1, 0.15) is 18.2 Å². The van der Waals surface area contributed by atoms with Crippen molar-refractivity contribution in [2.45, 2.75) is 78.6 Å². The van der Waals surface area contributed by atoms with Gasteiger partial charge in [-0.3, -0.25) is 14.1 Å². The fourth-order valence-corrected chi connectivity index (χ4v) is 5.63. The van der Waals surface area contributed by atoms with E-state index in [9.17, 15) is 12.8 Å². The van der Waals surface area contributed by atoms with Crippen molar-refractivity contribution in [2.24, 2.45) is 5.92 Å². The lowest BCUT2D eigenvalue weighted by Gasteiger charge is -2.31. The van der Waals surface area contributed by atoms with Gasteiger partial charge in [0.2, 0.25) is 0 Å². The number of hydrogen-bond acceptors (Lipinski definition) is 6. The van der Waals surface area contributed by atoms with Gasteiger partial charge in [0, 0.05) is 35.8 Å². The highest BCUT2D eigenvalue weighted by atomic mass is 32.2. The summed E-state index contributed by atoms with van der Waals surface area (Å²) in [5, 5.41) is 0. The second kappa shape index (κ2) is 12.8. The van der Waals surface area contributed by atoms with Crippen LogP contribution in [0.25, 0.3) is 11.1 Å². The molecule has 1 heterocycles. The Morgan fingerprint density at radius 1 is 1.02 bits per heavy atom. The monoisotopic (exact) mass is 568 g/mol. The minimum absolute atomic E-state index is 0.0147. The van der Waals surface area contributed by atoms with E-state index in [0.29, 0.717) is 36.7 Å². The van der Waals surface area contributed by atoms with E-state index in [-0.39, 0.29) is 18.3 Å². The second-order valence-corrected chi connectivity index (χ2v) is 13.1. The lowest BCUT2D eigenvalue weighted by molar-refractivity contribution is 0.166. The van der Waals surface area contributed by atoms with Gasteiger partial charge in [-0.05, 0) is 93.8 Å². The van der Waals surface area contributed by atoms with Gasteiger partial charge >= 0.3 is 0 Å². The summed E-state index contributed by atoms with van der Waals surface area (Å²) in [4.78, 5) is 6.49. The number of aromatic nitrogens is 1. The fraction of sp³-hybridized carbons (Fsp3) is 0.469. The van der Waals surface area contributed by atoms with Crippen LogP contribution in [-0.4, -0.2) is 43.2 Å². The molecule has 1 atom stereocenters. The quantitative estimate of drug-likeness (QED) is 0.210. The van der Waals surface area contributed by atoms with Crippen LogP contribution in [0, 0.1) is 18.7 Å². The van der Waals surface area contributed by atoms with Gasteiger partial charge in [0.25, 0.3) is 10.1 Å². The van der Waals surface area contributed by atoms with Crippen LogP contribution in [0.3, 0.4) is 0 Å². The van der Waals surface area contributed by atoms with E-state index in [2.05, 4.69) is 43.6 Å². The third-order valence-corrected chi connectivity index (χ3v) is 8.04. The van der Waals surface area contributed by atoms with E-state index in [1.54, 1.807) is 6.07 Å². The molecule has 1 aliphatic carbocycles. The van der Waals surface area contributed by atoms with Gasteiger partial charge in [-0.25, -0.2) is 4.39 Å². The highest BCUT2D eigenvalue weighted by Crippen LogP contribution is 2.43. The third kappa shape index (κ3) is 8.12. The molecule has 0 radical (unpaired) electrons. The summed E-state index contributed by atoms with van der Waals surface area (Å²) in [5.41, 5.74) is 5.23. The molecule has 3 aromatic rings. The molecular weight excluding hydrogens is 527 g/mol. The number of aryl methyl sites for hydroxylation is 1. The van der Waals surface area contributed by atoms with Crippen LogP contribution in [-0.2, 0) is 27.5 Å². The first-order valence-electron chi connectivity index (χ1n) is 14.0. The van der Waals surface area contributed by atoms with Gasteiger partial charge in [-0.2, -0.15) is 8.42 Å². The maximum atomic E-state index is 14.9. The summed E-state index contributed by atoms with van der Waals surface area (Å²) < 4.78 is 49.4. The molecule has 216 valence electrons. The molecule has 1 aromatic heterocycles. The Morgan fingerprint density at radius 2 is 1.75 bits per heavy atom. The summed E-state index contributed by atoms with van der Waals surface area (Å²) in [6.07, 6.45) is 4.51. The van der Waals surface area contributed by atoms with Crippen LogP contribution >= 0.6 is 0 Å². The fourth-order valence-electron chi connectivity index (χ4n) is 5.24. The maximum absolute atomic E-state index is 14.9. The minimum atomic E-state index is -3.50. The summed E-state index contributed by atoms with van der Waals surface area (Å²) >= 11 is 0. The Hall–Kier alpha value is -2.81. The SMILES string of the molecule is Cc1cc(-c2ccc(COc3cccc(C(COS(C)(=O)=O)C4CC4)c3)cc2CN(C(C)C)C(C)C)c(F)cn1. The molecule has 1 fully saturated rings. The second-order valence-electron chi connectivity index (χ2n) is 11.5. The van der Waals surface area contributed by atoms with Crippen molar-refractivity contribution in [2.75, 3.05) is 12.9 Å². The number of pyridine rings is 1. The lowest BCUT2D eigenvalue weighted by atomic mass is 9.95. The number of ether oxygens (including phenoxy) is 1. The molecule has 0 bridgehead atoms. The van der Waals surface area contributed by atoms with Gasteiger partial charge in [-0.15, -0.1) is 0 Å². The molecule has 0 amide bonds. The van der Waals surface area contributed by atoms with Crippen molar-refractivity contribution in [3.8, 4) is 16.9 Å². The molecule has 40 heavy (non-hydrogen) atoms. The Morgan fingerprint density at radius 3 is 2.40 bits per heavy atom. The van der Waals surface area contributed by atoms with Gasteiger partial charge in [0.15, 0.2) is 0 Å². The minimum Gasteiger partial charge on any atom is -0.489 e. The first-order valence-corrected chi connectivity index (χ1v) is 15.8.